The average molecular weight is 472 g/mol. The lowest BCUT2D eigenvalue weighted by Crippen LogP contribution is -2.48. The highest BCUT2D eigenvalue weighted by Gasteiger charge is 2.43. The van der Waals surface area contributed by atoms with Gasteiger partial charge in [0.25, 0.3) is 5.91 Å². The molecule has 1 aliphatic rings. The maximum Gasteiger partial charge on any atom is 0.275 e. The zero-order valence-corrected chi connectivity index (χ0v) is 20.2. The number of allylic oxidation sites excluding steroid dienone is 2. The van der Waals surface area contributed by atoms with E-state index in [1.54, 1.807) is 12.1 Å². The summed E-state index contributed by atoms with van der Waals surface area (Å²) >= 11 is 0. The highest BCUT2D eigenvalue weighted by Crippen LogP contribution is 2.31. The summed E-state index contributed by atoms with van der Waals surface area (Å²) in [5, 5.41) is 23.3. The number of benzene rings is 1. The molecule has 9 nitrogen and oxygen atoms in total. The number of β-amino-alcohol motifs (C(OH)–C–C–N with tert-alkyl or cyclic N) is 1. The van der Waals surface area contributed by atoms with E-state index in [-0.39, 0.29) is 31.4 Å². The van der Waals surface area contributed by atoms with Crippen LogP contribution in [0.2, 0.25) is 0 Å². The van der Waals surface area contributed by atoms with Crippen molar-refractivity contribution in [1.29, 1.82) is 0 Å². The van der Waals surface area contributed by atoms with E-state index in [9.17, 15) is 19.8 Å². The Bertz CT molecular complexity index is 1040. The van der Waals surface area contributed by atoms with Gasteiger partial charge in [-0.05, 0) is 50.0 Å². The van der Waals surface area contributed by atoms with Gasteiger partial charge in [-0.1, -0.05) is 36.7 Å². The Balaban J connectivity index is 1.70. The number of nitrogens with zero attached hydrogens (tertiary/aromatic N) is 2. The van der Waals surface area contributed by atoms with Gasteiger partial charge in [-0.2, -0.15) is 5.48 Å². The van der Waals surface area contributed by atoms with Gasteiger partial charge >= 0.3 is 0 Å². The number of aliphatic hydroxyl groups is 2. The largest absolute Gasteiger partial charge is 0.391 e. The summed E-state index contributed by atoms with van der Waals surface area (Å²) in [5.41, 5.74) is 6.18. The predicted molar refractivity (Wildman–Crippen MR) is 125 cm³/mol. The van der Waals surface area contributed by atoms with Crippen molar-refractivity contribution in [1.82, 2.24) is 15.5 Å². The Hall–Kier alpha value is -3.17. The summed E-state index contributed by atoms with van der Waals surface area (Å²) in [6.45, 7) is 9.56. The van der Waals surface area contributed by atoms with Crippen LogP contribution in [0, 0.1) is 5.92 Å². The lowest BCUT2D eigenvalue weighted by atomic mass is 9.91. The minimum atomic E-state index is -0.892. The molecular weight excluding hydrogens is 438 g/mol. The Morgan fingerprint density at radius 2 is 1.91 bits per heavy atom. The first kappa shape index (κ1) is 25.5. The Kier molecular flexibility index (Phi) is 8.11. The monoisotopic (exact) mass is 471 g/mol. The first-order valence-electron chi connectivity index (χ1n) is 11.4. The van der Waals surface area contributed by atoms with Crippen molar-refractivity contribution in [2.45, 2.75) is 65.7 Å². The van der Waals surface area contributed by atoms with Crippen LogP contribution in [0.25, 0.3) is 5.57 Å². The molecule has 1 aromatic heterocycles. The number of hydrogen-bond donors (Lipinski definition) is 3. The Labute approximate surface area is 199 Å². The number of likely N-dealkylation sites (tertiary alicyclic amines) is 1. The third-order valence-corrected chi connectivity index (χ3v) is 6.15. The van der Waals surface area contributed by atoms with E-state index in [1.165, 1.54) is 22.1 Å². The molecule has 1 fully saturated rings. The van der Waals surface area contributed by atoms with Gasteiger partial charge in [0.1, 0.15) is 23.4 Å². The van der Waals surface area contributed by atoms with E-state index in [0.29, 0.717) is 17.2 Å². The molecule has 3 rings (SSSR count). The van der Waals surface area contributed by atoms with Crippen molar-refractivity contribution in [3.63, 3.8) is 0 Å². The second kappa shape index (κ2) is 10.8. The van der Waals surface area contributed by atoms with Gasteiger partial charge in [0.05, 0.1) is 12.7 Å². The summed E-state index contributed by atoms with van der Waals surface area (Å²) in [6.07, 6.45) is -0.732. The lowest BCUT2D eigenvalue weighted by molar-refractivity contribution is -0.143. The number of nitrogens with one attached hydrogen (secondary N) is 1. The topological polar surface area (TPSA) is 125 Å². The molecule has 1 aliphatic heterocycles. The molecule has 3 N–H and O–H groups in total. The molecule has 34 heavy (non-hydrogen) atoms. The normalized spacial score (nSPS) is 18.6. The molecule has 2 aromatic rings. The van der Waals surface area contributed by atoms with Crippen molar-refractivity contribution in [3.05, 3.63) is 52.9 Å². The van der Waals surface area contributed by atoms with Gasteiger partial charge in [0.15, 0.2) is 5.75 Å². The SMILES string of the molecule is CC(C)=C(C)c1ccc(ONC(=O)C2C[C@@H](O)CN2C(=O)C(c2cc(CO)no2)C(C)C)cc1. The van der Waals surface area contributed by atoms with E-state index >= 15 is 0 Å². The number of rotatable bonds is 8. The zero-order chi connectivity index (χ0) is 25.0. The molecule has 9 heteroatoms. The summed E-state index contributed by atoms with van der Waals surface area (Å²) in [4.78, 5) is 33.1. The van der Waals surface area contributed by atoms with Crippen LogP contribution in [0.1, 0.15) is 64.0 Å². The Morgan fingerprint density at radius 1 is 1.24 bits per heavy atom. The van der Waals surface area contributed by atoms with Crippen molar-refractivity contribution >= 4 is 17.4 Å². The van der Waals surface area contributed by atoms with Crippen LogP contribution in [0.15, 0.2) is 40.4 Å². The molecule has 0 saturated carbocycles. The van der Waals surface area contributed by atoms with Crippen molar-refractivity contribution in [3.8, 4) is 5.75 Å². The fourth-order valence-corrected chi connectivity index (χ4v) is 4.01. The zero-order valence-electron chi connectivity index (χ0n) is 20.2. The maximum absolute atomic E-state index is 13.4. The molecule has 1 aromatic carbocycles. The smallest absolute Gasteiger partial charge is 0.275 e. The van der Waals surface area contributed by atoms with Gasteiger partial charge in [0.2, 0.25) is 5.91 Å². The van der Waals surface area contributed by atoms with Crippen molar-refractivity contribution < 1.29 is 29.2 Å². The first-order chi connectivity index (χ1) is 16.1. The molecule has 2 amide bonds. The van der Waals surface area contributed by atoms with E-state index in [1.807, 2.05) is 46.8 Å². The van der Waals surface area contributed by atoms with Gasteiger partial charge in [-0.25, -0.2) is 0 Å². The summed E-state index contributed by atoms with van der Waals surface area (Å²) in [6, 6.07) is 7.97. The number of aliphatic hydroxyl groups excluding tert-OH is 2. The highest BCUT2D eigenvalue weighted by molar-refractivity contribution is 5.91. The molecule has 0 bridgehead atoms. The highest BCUT2D eigenvalue weighted by atomic mass is 16.7. The number of hydroxylamine groups is 1. The van der Waals surface area contributed by atoms with E-state index in [2.05, 4.69) is 10.6 Å². The number of amides is 2. The molecular formula is C25H33N3O6. The summed E-state index contributed by atoms with van der Waals surface area (Å²) in [7, 11) is 0. The van der Waals surface area contributed by atoms with Gasteiger partial charge in [-0.3, -0.25) is 9.59 Å². The number of hydrogen-bond acceptors (Lipinski definition) is 7. The number of aromatic nitrogens is 1. The minimum absolute atomic E-state index is 0.0256. The van der Waals surface area contributed by atoms with Crippen LogP contribution in [0.5, 0.6) is 5.75 Å². The van der Waals surface area contributed by atoms with E-state index in [0.717, 1.165) is 5.56 Å². The molecule has 0 aliphatic carbocycles. The fraction of sp³-hybridized carbons (Fsp3) is 0.480. The van der Waals surface area contributed by atoms with Crippen molar-refractivity contribution in [2.75, 3.05) is 6.54 Å². The van der Waals surface area contributed by atoms with Gasteiger partial charge in [0, 0.05) is 19.0 Å². The number of carbonyl (C=O) groups excluding carboxylic acids is 2. The van der Waals surface area contributed by atoms with Gasteiger partial charge < -0.3 is 24.5 Å². The third kappa shape index (κ3) is 5.66. The van der Waals surface area contributed by atoms with Crippen LogP contribution in [0.3, 0.4) is 0 Å². The quantitative estimate of drug-likeness (QED) is 0.506. The van der Waals surface area contributed by atoms with Crippen LogP contribution >= 0.6 is 0 Å². The Morgan fingerprint density at radius 3 is 2.47 bits per heavy atom. The standard InChI is InChI=1S/C25H33N3O6/c1-14(2)16(5)17-6-8-20(9-7-17)33-27-24(31)21-11-19(30)12-28(21)25(32)23(15(3)4)22-10-18(13-29)26-34-22/h6-10,15,19,21,23,29-30H,11-13H2,1-5H3,(H,27,31)/t19-,21?,23?/m1/s1. The fourth-order valence-electron chi connectivity index (χ4n) is 4.01. The van der Waals surface area contributed by atoms with Crippen LogP contribution in [0.4, 0.5) is 0 Å². The van der Waals surface area contributed by atoms with Crippen LogP contribution in [-0.2, 0) is 16.2 Å². The molecule has 1 saturated heterocycles. The van der Waals surface area contributed by atoms with E-state index in [4.69, 9.17) is 9.36 Å². The van der Waals surface area contributed by atoms with E-state index < -0.39 is 24.0 Å². The molecule has 3 atom stereocenters. The first-order valence-corrected chi connectivity index (χ1v) is 11.4. The molecule has 0 radical (unpaired) electrons. The number of carbonyl (C=O) groups is 2. The third-order valence-electron chi connectivity index (χ3n) is 6.15. The molecule has 184 valence electrons. The minimum Gasteiger partial charge on any atom is -0.391 e. The second-order valence-electron chi connectivity index (χ2n) is 9.21. The van der Waals surface area contributed by atoms with Crippen molar-refractivity contribution in [2.24, 2.45) is 5.92 Å². The predicted octanol–water partition coefficient (Wildman–Crippen LogP) is 2.79. The molecule has 2 heterocycles. The second-order valence-corrected chi connectivity index (χ2v) is 9.21. The summed E-state index contributed by atoms with van der Waals surface area (Å²) < 4.78 is 5.28. The van der Waals surface area contributed by atoms with Crippen LogP contribution in [-0.4, -0.2) is 50.8 Å². The maximum atomic E-state index is 13.4. The molecule has 2 unspecified atom stereocenters. The van der Waals surface area contributed by atoms with Crippen LogP contribution < -0.4 is 10.3 Å². The van der Waals surface area contributed by atoms with Gasteiger partial charge in [-0.15, -0.1) is 0 Å². The lowest BCUT2D eigenvalue weighted by Gasteiger charge is -2.28. The summed E-state index contributed by atoms with van der Waals surface area (Å²) in [5.74, 6) is -0.979. The average Bonchev–Trinajstić information content (AvgIpc) is 3.43. The molecule has 0 spiro atoms.